The van der Waals surface area contributed by atoms with Crippen LogP contribution in [-0.2, 0) is 4.74 Å². The number of hydrogen-bond acceptors (Lipinski definition) is 5. The lowest BCUT2D eigenvalue weighted by Crippen LogP contribution is -2.36. The number of aliphatic imine (C=N–C) groups is 1. The molecule has 2 aromatic rings. The summed E-state index contributed by atoms with van der Waals surface area (Å²) < 4.78 is 5.36. The topological polar surface area (TPSA) is 68.0 Å². The third-order valence-electron chi connectivity index (χ3n) is 3.94. The van der Waals surface area contributed by atoms with Crippen molar-refractivity contribution in [2.45, 2.75) is 0 Å². The summed E-state index contributed by atoms with van der Waals surface area (Å²) in [4.78, 5) is 17.2. The van der Waals surface area contributed by atoms with E-state index in [0.717, 1.165) is 37.7 Å². The zero-order valence-corrected chi connectivity index (χ0v) is 13.7. The number of benzene rings is 2. The highest BCUT2D eigenvalue weighted by Gasteiger charge is 2.10. The first-order valence-corrected chi connectivity index (χ1v) is 8.11. The van der Waals surface area contributed by atoms with Gasteiger partial charge in [-0.25, -0.2) is 0 Å². The molecule has 0 atom stereocenters. The Morgan fingerprint density at radius 3 is 2.52 bits per heavy atom. The van der Waals surface area contributed by atoms with Crippen LogP contribution in [0.15, 0.2) is 59.6 Å². The second-order valence-corrected chi connectivity index (χ2v) is 5.57. The van der Waals surface area contributed by atoms with E-state index in [1.807, 2.05) is 24.3 Å². The highest BCUT2D eigenvalue weighted by Crippen LogP contribution is 2.21. The van der Waals surface area contributed by atoms with Gasteiger partial charge in [-0.15, -0.1) is 0 Å². The fraction of sp³-hybridized carbons (Fsp3) is 0.211. The first-order valence-electron chi connectivity index (χ1n) is 8.11. The van der Waals surface area contributed by atoms with Gasteiger partial charge in [-0.05, 0) is 42.5 Å². The molecule has 0 saturated carbocycles. The molecule has 25 heavy (non-hydrogen) atoms. The SMILES string of the molecule is O=[N+]([O-])c1ccccc1/C=C/C=Nc1ccc(N2CCOCC2)cc1. The van der Waals surface area contributed by atoms with Gasteiger partial charge in [0, 0.05) is 31.1 Å². The molecule has 0 unspecified atom stereocenters. The number of hydrogen-bond donors (Lipinski definition) is 0. The highest BCUT2D eigenvalue weighted by atomic mass is 16.6. The molecule has 6 nitrogen and oxygen atoms in total. The second-order valence-electron chi connectivity index (χ2n) is 5.57. The van der Waals surface area contributed by atoms with Crippen LogP contribution in [0, 0.1) is 10.1 Å². The maximum absolute atomic E-state index is 11.0. The number of allylic oxidation sites excluding steroid dienone is 1. The van der Waals surface area contributed by atoms with E-state index in [4.69, 9.17) is 4.74 Å². The summed E-state index contributed by atoms with van der Waals surface area (Å²) in [6, 6.07) is 14.6. The zero-order valence-electron chi connectivity index (χ0n) is 13.7. The number of rotatable bonds is 5. The molecule has 2 aromatic carbocycles. The van der Waals surface area contributed by atoms with E-state index in [-0.39, 0.29) is 10.6 Å². The van der Waals surface area contributed by atoms with Crippen LogP contribution in [0.2, 0.25) is 0 Å². The Hall–Kier alpha value is -2.99. The molecule has 1 fully saturated rings. The number of para-hydroxylation sites is 1. The molecule has 1 aliphatic rings. The minimum Gasteiger partial charge on any atom is -0.378 e. The molecule has 3 rings (SSSR count). The van der Waals surface area contributed by atoms with E-state index in [1.165, 1.54) is 6.07 Å². The fourth-order valence-electron chi connectivity index (χ4n) is 2.64. The van der Waals surface area contributed by atoms with Gasteiger partial charge in [-0.3, -0.25) is 15.1 Å². The standard InChI is InChI=1S/C19H19N3O3/c23-22(24)19-6-2-1-4-16(19)5-3-11-20-17-7-9-18(10-8-17)21-12-14-25-15-13-21/h1-11H,12-15H2/b5-3+,20-11?. The van der Waals surface area contributed by atoms with Crippen molar-refractivity contribution in [1.29, 1.82) is 0 Å². The third kappa shape index (κ3) is 4.51. The summed E-state index contributed by atoms with van der Waals surface area (Å²) in [5.41, 5.74) is 2.64. The number of nitrogens with zero attached hydrogens (tertiary/aromatic N) is 3. The van der Waals surface area contributed by atoms with E-state index < -0.39 is 0 Å². The summed E-state index contributed by atoms with van der Waals surface area (Å²) >= 11 is 0. The van der Waals surface area contributed by atoms with Gasteiger partial charge >= 0.3 is 0 Å². The molecule has 128 valence electrons. The minimum atomic E-state index is -0.388. The van der Waals surface area contributed by atoms with Gasteiger partial charge in [-0.2, -0.15) is 0 Å². The van der Waals surface area contributed by atoms with Crippen molar-refractivity contribution in [3.05, 3.63) is 70.3 Å². The van der Waals surface area contributed by atoms with Crippen molar-refractivity contribution in [3.63, 3.8) is 0 Å². The van der Waals surface area contributed by atoms with E-state index in [1.54, 1.807) is 36.6 Å². The van der Waals surface area contributed by atoms with E-state index in [2.05, 4.69) is 9.89 Å². The van der Waals surface area contributed by atoms with Crippen LogP contribution < -0.4 is 4.90 Å². The van der Waals surface area contributed by atoms with Gasteiger partial charge in [0.25, 0.3) is 5.69 Å². The molecule has 0 amide bonds. The Balaban J connectivity index is 1.63. The molecule has 1 saturated heterocycles. The van der Waals surface area contributed by atoms with Gasteiger partial charge in [0.2, 0.25) is 0 Å². The van der Waals surface area contributed by atoms with Crippen molar-refractivity contribution in [2.24, 2.45) is 4.99 Å². The van der Waals surface area contributed by atoms with E-state index in [0.29, 0.717) is 5.56 Å². The third-order valence-corrected chi connectivity index (χ3v) is 3.94. The van der Waals surface area contributed by atoms with Crippen LogP contribution in [0.3, 0.4) is 0 Å². The highest BCUT2D eigenvalue weighted by molar-refractivity contribution is 5.82. The summed E-state index contributed by atoms with van der Waals surface area (Å²) in [6.07, 6.45) is 5.03. The van der Waals surface area contributed by atoms with Gasteiger partial charge in [0.15, 0.2) is 0 Å². The molecule has 6 heteroatoms. The lowest BCUT2D eigenvalue weighted by Gasteiger charge is -2.28. The van der Waals surface area contributed by atoms with Crippen molar-refractivity contribution in [3.8, 4) is 0 Å². The van der Waals surface area contributed by atoms with Crippen molar-refractivity contribution < 1.29 is 9.66 Å². The summed E-state index contributed by atoms with van der Waals surface area (Å²) in [6.45, 7) is 3.33. The molecule has 0 spiro atoms. The lowest BCUT2D eigenvalue weighted by molar-refractivity contribution is -0.385. The Labute approximate surface area is 146 Å². The Morgan fingerprint density at radius 1 is 1.08 bits per heavy atom. The average Bonchev–Trinajstić information content (AvgIpc) is 2.66. The molecule has 0 radical (unpaired) electrons. The predicted octanol–water partition coefficient (Wildman–Crippen LogP) is 3.85. The fourth-order valence-corrected chi connectivity index (χ4v) is 2.64. The first-order chi connectivity index (χ1) is 12.2. The van der Waals surface area contributed by atoms with Gasteiger partial charge < -0.3 is 9.64 Å². The molecule has 0 aliphatic carbocycles. The van der Waals surface area contributed by atoms with E-state index >= 15 is 0 Å². The Bertz CT molecular complexity index is 779. The normalized spacial score (nSPS) is 15.1. The van der Waals surface area contributed by atoms with E-state index in [9.17, 15) is 10.1 Å². The maximum atomic E-state index is 11.0. The van der Waals surface area contributed by atoms with Crippen LogP contribution in [0.5, 0.6) is 0 Å². The lowest BCUT2D eigenvalue weighted by atomic mass is 10.1. The van der Waals surface area contributed by atoms with Crippen LogP contribution in [0.1, 0.15) is 5.56 Å². The largest absolute Gasteiger partial charge is 0.378 e. The Kier molecular flexibility index (Phi) is 5.53. The minimum absolute atomic E-state index is 0.0852. The van der Waals surface area contributed by atoms with Gasteiger partial charge in [0.05, 0.1) is 29.4 Å². The predicted molar refractivity (Wildman–Crippen MR) is 99.8 cm³/mol. The average molecular weight is 337 g/mol. The molecule has 1 heterocycles. The van der Waals surface area contributed by atoms with Crippen LogP contribution in [-0.4, -0.2) is 37.4 Å². The first kappa shape index (κ1) is 16.9. The molecular formula is C19H19N3O3. The number of nitro benzene ring substituents is 1. The summed E-state index contributed by atoms with van der Waals surface area (Å²) in [5, 5.41) is 11.0. The van der Waals surface area contributed by atoms with Crippen molar-refractivity contribution in [2.75, 3.05) is 31.2 Å². The molecule has 0 aromatic heterocycles. The van der Waals surface area contributed by atoms with Crippen molar-refractivity contribution in [1.82, 2.24) is 0 Å². The quantitative estimate of drug-likeness (QED) is 0.472. The van der Waals surface area contributed by atoms with Crippen LogP contribution >= 0.6 is 0 Å². The molecule has 1 aliphatic heterocycles. The summed E-state index contributed by atoms with van der Waals surface area (Å²) in [5.74, 6) is 0. The van der Waals surface area contributed by atoms with Gasteiger partial charge in [-0.1, -0.05) is 12.1 Å². The van der Waals surface area contributed by atoms with Crippen molar-refractivity contribution >= 4 is 29.4 Å². The molecule has 0 N–H and O–H groups in total. The number of nitro groups is 1. The monoisotopic (exact) mass is 337 g/mol. The number of ether oxygens (including phenoxy) is 1. The maximum Gasteiger partial charge on any atom is 0.276 e. The van der Waals surface area contributed by atoms with Crippen LogP contribution in [0.25, 0.3) is 6.08 Å². The Morgan fingerprint density at radius 2 is 1.80 bits per heavy atom. The number of anilines is 1. The zero-order chi connectivity index (χ0) is 17.5. The van der Waals surface area contributed by atoms with Gasteiger partial charge in [0.1, 0.15) is 0 Å². The summed E-state index contributed by atoms with van der Waals surface area (Å²) in [7, 11) is 0. The number of morpholine rings is 1. The molecular weight excluding hydrogens is 318 g/mol. The smallest absolute Gasteiger partial charge is 0.276 e. The second kappa shape index (κ2) is 8.21. The molecule has 0 bridgehead atoms. The van der Waals surface area contributed by atoms with Crippen LogP contribution in [0.4, 0.5) is 17.1 Å².